The van der Waals surface area contributed by atoms with Crippen LogP contribution in [0.5, 0.6) is 0 Å². The molecule has 0 N–H and O–H groups in total. The van der Waals surface area contributed by atoms with Gasteiger partial charge < -0.3 is 4.42 Å². The molecule has 0 aliphatic rings. The predicted octanol–water partition coefficient (Wildman–Crippen LogP) is 14.6. The van der Waals surface area contributed by atoms with Crippen LogP contribution in [0.4, 0.5) is 0 Å². The highest BCUT2D eigenvalue weighted by molar-refractivity contribution is 6.06. The Kier molecular flexibility index (Phi) is 7.96. The standard InChI is InChI=1S/C53H36O/c1-2-9-36(10-3-1)37-17-19-38(20-18-37)39-21-27-43(28-22-39)53(45-31-25-42(26-32-45)48-15-8-12-41-11-4-5-13-47(41)48)44-29-23-40(24-30-44)46-33-34-52-50(35-46)49-14-6-7-16-51(49)54-52/h1-35,53H. The first-order chi connectivity index (χ1) is 26.7. The van der Waals surface area contributed by atoms with Crippen LogP contribution < -0.4 is 0 Å². The number of hydrogen-bond donors (Lipinski definition) is 0. The lowest BCUT2D eigenvalue weighted by atomic mass is 9.83. The topological polar surface area (TPSA) is 13.1 Å². The van der Waals surface area contributed by atoms with E-state index in [1.807, 2.05) is 12.1 Å². The first kappa shape index (κ1) is 31.7. The Labute approximate surface area is 315 Å². The largest absolute Gasteiger partial charge is 0.456 e. The Morgan fingerprint density at radius 1 is 0.278 bits per heavy atom. The lowest BCUT2D eigenvalue weighted by Crippen LogP contribution is -2.03. The molecule has 1 nitrogen and oxygen atoms in total. The molecule has 10 aromatic rings. The van der Waals surface area contributed by atoms with Gasteiger partial charge in [-0.2, -0.15) is 0 Å². The Balaban J connectivity index is 1.01. The Morgan fingerprint density at radius 2 is 0.722 bits per heavy atom. The molecule has 1 heterocycles. The molecule has 0 radical (unpaired) electrons. The monoisotopic (exact) mass is 688 g/mol. The van der Waals surface area contributed by atoms with Gasteiger partial charge in [-0.15, -0.1) is 0 Å². The van der Waals surface area contributed by atoms with Crippen molar-refractivity contribution in [1.82, 2.24) is 0 Å². The minimum Gasteiger partial charge on any atom is -0.456 e. The molecule has 0 saturated heterocycles. The Bertz CT molecular complexity index is 2870. The van der Waals surface area contributed by atoms with Crippen LogP contribution in [-0.4, -0.2) is 0 Å². The molecule has 0 amide bonds. The van der Waals surface area contributed by atoms with E-state index in [4.69, 9.17) is 4.42 Å². The molecule has 0 saturated carbocycles. The maximum atomic E-state index is 6.11. The van der Waals surface area contributed by atoms with E-state index < -0.39 is 0 Å². The molecule has 1 aromatic heterocycles. The summed E-state index contributed by atoms with van der Waals surface area (Å²) < 4.78 is 6.11. The van der Waals surface area contributed by atoms with Gasteiger partial charge in [-0.05, 0) is 90.2 Å². The number of para-hydroxylation sites is 1. The van der Waals surface area contributed by atoms with Gasteiger partial charge in [0.25, 0.3) is 0 Å². The van der Waals surface area contributed by atoms with Gasteiger partial charge in [0.2, 0.25) is 0 Å². The molecular formula is C53H36O. The van der Waals surface area contributed by atoms with Crippen LogP contribution in [0.25, 0.3) is 77.2 Å². The summed E-state index contributed by atoms with van der Waals surface area (Å²) in [6, 6.07) is 76.8. The second-order valence-corrected chi connectivity index (χ2v) is 14.1. The summed E-state index contributed by atoms with van der Waals surface area (Å²) in [6.07, 6.45) is 0. The fraction of sp³-hybridized carbons (Fsp3) is 0.0189. The quantitative estimate of drug-likeness (QED) is 0.152. The third kappa shape index (κ3) is 5.87. The first-order valence-electron chi connectivity index (χ1n) is 18.6. The average Bonchev–Trinajstić information content (AvgIpc) is 3.63. The predicted molar refractivity (Wildman–Crippen MR) is 227 cm³/mol. The molecule has 0 spiro atoms. The van der Waals surface area contributed by atoms with Gasteiger partial charge in [-0.25, -0.2) is 0 Å². The number of benzene rings is 9. The smallest absolute Gasteiger partial charge is 0.135 e. The summed E-state index contributed by atoms with van der Waals surface area (Å²) in [5, 5.41) is 4.82. The van der Waals surface area contributed by atoms with Gasteiger partial charge in [-0.1, -0.05) is 194 Å². The fourth-order valence-electron chi connectivity index (χ4n) is 8.04. The molecule has 0 aliphatic carbocycles. The van der Waals surface area contributed by atoms with E-state index in [-0.39, 0.29) is 5.92 Å². The average molecular weight is 689 g/mol. The van der Waals surface area contributed by atoms with Gasteiger partial charge in [0.05, 0.1) is 0 Å². The van der Waals surface area contributed by atoms with E-state index in [1.54, 1.807) is 0 Å². The van der Waals surface area contributed by atoms with Gasteiger partial charge in [0, 0.05) is 16.7 Å². The van der Waals surface area contributed by atoms with Gasteiger partial charge in [0.15, 0.2) is 0 Å². The molecule has 1 unspecified atom stereocenters. The van der Waals surface area contributed by atoms with Crippen molar-refractivity contribution in [2.24, 2.45) is 0 Å². The number of furan rings is 1. The van der Waals surface area contributed by atoms with E-state index >= 15 is 0 Å². The third-order valence-electron chi connectivity index (χ3n) is 10.9. The molecule has 254 valence electrons. The lowest BCUT2D eigenvalue weighted by Gasteiger charge is -2.20. The van der Waals surface area contributed by atoms with Crippen LogP contribution in [0.2, 0.25) is 0 Å². The molecule has 1 heteroatoms. The summed E-state index contributed by atoms with van der Waals surface area (Å²) in [7, 11) is 0. The van der Waals surface area contributed by atoms with Crippen molar-refractivity contribution < 1.29 is 4.42 Å². The summed E-state index contributed by atoms with van der Waals surface area (Å²) >= 11 is 0. The van der Waals surface area contributed by atoms with Crippen molar-refractivity contribution in [2.45, 2.75) is 5.92 Å². The fourth-order valence-corrected chi connectivity index (χ4v) is 8.04. The Hall–Kier alpha value is -6.96. The first-order valence-corrected chi connectivity index (χ1v) is 18.6. The zero-order chi connectivity index (χ0) is 35.8. The zero-order valence-electron chi connectivity index (χ0n) is 29.7. The summed E-state index contributed by atoms with van der Waals surface area (Å²) in [5.74, 6) is 0.0652. The summed E-state index contributed by atoms with van der Waals surface area (Å²) in [5.41, 5.74) is 15.3. The normalized spacial score (nSPS) is 12.0. The number of hydrogen-bond acceptors (Lipinski definition) is 1. The van der Waals surface area contributed by atoms with Crippen molar-refractivity contribution in [3.8, 4) is 44.5 Å². The van der Waals surface area contributed by atoms with Gasteiger partial charge in [-0.3, -0.25) is 0 Å². The summed E-state index contributed by atoms with van der Waals surface area (Å²) in [6.45, 7) is 0. The minimum absolute atomic E-state index is 0.0652. The van der Waals surface area contributed by atoms with Crippen LogP contribution in [0.3, 0.4) is 0 Å². The van der Waals surface area contributed by atoms with Gasteiger partial charge >= 0.3 is 0 Å². The molecule has 0 aliphatic heterocycles. The maximum Gasteiger partial charge on any atom is 0.135 e. The highest BCUT2D eigenvalue weighted by atomic mass is 16.3. The molecule has 54 heavy (non-hydrogen) atoms. The zero-order valence-corrected chi connectivity index (χ0v) is 29.7. The Morgan fingerprint density at radius 3 is 1.37 bits per heavy atom. The highest BCUT2D eigenvalue weighted by Crippen LogP contribution is 2.38. The molecular weight excluding hydrogens is 653 g/mol. The molecule has 9 aromatic carbocycles. The second kappa shape index (κ2) is 13.5. The van der Waals surface area contributed by atoms with Crippen LogP contribution in [0, 0.1) is 0 Å². The molecule has 1 atom stereocenters. The van der Waals surface area contributed by atoms with E-state index in [1.165, 1.54) is 72.0 Å². The van der Waals surface area contributed by atoms with E-state index in [2.05, 4.69) is 200 Å². The van der Waals surface area contributed by atoms with Crippen molar-refractivity contribution in [2.75, 3.05) is 0 Å². The lowest BCUT2D eigenvalue weighted by molar-refractivity contribution is 0.669. The van der Waals surface area contributed by atoms with Gasteiger partial charge in [0.1, 0.15) is 11.2 Å². The van der Waals surface area contributed by atoms with Crippen molar-refractivity contribution in [1.29, 1.82) is 0 Å². The van der Waals surface area contributed by atoms with E-state index in [9.17, 15) is 0 Å². The van der Waals surface area contributed by atoms with E-state index in [0.717, 1.165) is 21.9 Å². The van der Waals surface area contributed by atoms with Crippen molar-refractivity contribution in [3.63, 3.8) is 0 Å². The number of fused-ring (bicyclic) bond motifs is 4. The van der Waals surface area contributed by atoms with Crippen molar-refractivity contribution in [3.05, 3.63) is 229 Å². The third-order valence-corrected chi connectivity index (χ3v) is 10.9. The molecule has 0 bridgehead atoms. The molecule has 0 fully saturated rings. The maximum absolute atomic E-state index is 6.11. The molecule has 10 rings (SSSR count). The SMILES string of the molecule is c1ccc(-c2ccc(-c3ccc(C(c4ccc(-c5ccc6oc7ccccc7c6c5)cc4)c4ccc(-c5cccc6ccccc56)cc4)cc3)cc2)cc1. The summed E-state index contributed by atoms with van der Waals surface area (Å²) in [4.78, 5) is 0. The van der Waals surface area contributed by atoms with E-state index in [0.29, 0.717) is 0 Å². The number of rotatable bonds is 7. The van der Waals surface area contributed by atoms with Crippen LogP contribution in [-0.2, 0) is 0 Å². The van der Waals surface area contributed by atoms with Crippen LogP contribution >= 0.6 is 0 Å². The second-order valence-electron chi connectivity index (χ2n) is 14.1. The van der Waals surface area contributed by atoms with Crippen LogP contribution in [0.1, 0.15) is 22.6 Å². The van der Waals surface area contributed by atoms with Crippen molar-refractivity contribution >= 4 is 32.7 Å². The minimum atomic E-state index is 0.0652. The van der Waals surface area contributed by atoms with Crippen LogP contribution in [0.15, 0.2) is 217 Å². The highest BCUT2D eigenvalue weighted by Gasteiger charge is 2.18.